The molecule has 0 aliphatic heterocycles. The van der Waals surface area contributed by atoms with Crippen LogP contribution in [0.3, 0.4) is 0 Å². The molecule has 0 aromatic heterocycles. The summed E-state index contributed by atoms with van der Waals surface area (Å²) in [7, 11) is -0.342. The summed E-state index contributed by atoms with van der Waals surface area (Å²) in [6.45, 7) is 6.79. The number of benzene rings is 1. The lowest BCUT2D eigenvalue weighted by Crippen LogP contribution is -2.33. The van der Waals surface area contributed by atoms with Crippen LogP contribution in [0.5, 0.6) is 0 Å². The number of rotatable bonds is 7. The number of aliphatic hydroxyl groups is 1. The molecule has 2 N–H and O–H groups in total. The van der Waals surface area contributed by atoms with E-state index in [0.29, 0.717) is 11.4 Å². The van der Waals surface area contributed by atoms with E-state index in [4.69, 9.17) is 0 Å². The fourth-order valence-electron chi connectivity index (χ4n) is 1.74. The Labute approximate surface area is 128 Å². The molecule has 0 heterocycles. The van der Waals surface area contributed by atoms with E-state index in [1.165, 1.54) is 18.4 Å². The molecule has 0 saturated heterocycles. The minimum Gasteiger partial charge on any atom is -0.396 e. The van der Waals surface area contributed by atoms with Crippen LogP contribution in [-0.4, -0.2) is 45.1 Å². The van der Waals surface area contributed by atoms with Crippen LogP contribution in [0, 0.1) is 5.41 Å². The van der Waals surface area contributed by atoms with Gasteiger partial charge in [-0.05, 0) is 24.6 Å². The second-order valence-corrected chi connectivity index (χ2v) is 8.43. The fourth-order valence-corrected chi connectivity index (χ4v) is 2.64. The molecule has 0 fully saturated rings. The summed E-state index contributed by atoms with van der Waals surface area (Å²) in [5.41, 5.74) is 0.837. The number of aliphatic hydroxyl groups excluding tert-OH is 1. The third-order valence-corrected chi connectivity index (χ3v) is 5.30. The van der Waals surface area contributed by atoms with E-state index in [9.17, 15) is 13.5 Å². The Hall–Kier alpha value is -0.950. The Kier molecular flexibility index (Phi) is 5.92. The topological polar surface area (TPSA) is 69.6 Å². The third kappa shape index (κ3) is 4.78. The number of nitrogens with one attached hydrogen (secondary N) is 1. The van der Waals surface area contributed by atoms with Gasteiger partial charge >= 0.3 is 0 Å². The SMILES string of the molecule is CC(NCC(C)(C)CO)c1ccc(S(=O)(=O)N(C)C)cc1. The zero-order chi connectivity index (χ0) is 16.3. The van der Waals surface area contributed by atoms with Crippen molar-refractivity contribution in [1.82, 2.24) is 9.62 Å². The molecule has 0 aliphatic carbocycles. The smallest absolute Gasteiger partial charge is 0.242 e. The Morgan fingerprint density at radius 1 is 1.24 bits per heavy atom. The van der Waals surface area contributed by atoms with Gasteiger partial charge in [0.25, 0.3) is 0 Å². The molecule has 0 radical (unpaired) electrons. The average Bonchev–Trinajstić information content (AvgIpc) is 2.44. The molecule has 120 valence electrons. The normalized spacial score (nSPS) is 14.4. The first-order valence-electron chi connectivity index (χ1n) is 6.97. The van der Waals surface area contributed by atoms with E-state index in [1.54, 1.807) is 12.1 Å². The van der Waals surface area contributed by atoms with Crippen LogP contribution < -0.4 is 5.32 Å². The first-order valence-corrected chi connectivity index (χ1v) is 8.41. The second kappa shape index (κ2) is 6.87. The summed E-state index contributed by atoms with van der Waals surface area (Å²) in [5, 5.41) is 12.6. The van der Waals surface area contributed by atoms with Crippen molar-refractivity contribution >= 4 is 10.0 Å². The van der Waals surface area contributed by atoms with Crippen molar-refractivity contribution < 1.29 is 13.5 Å². The number of hydrogen-bond donors (Lipinski definition) is 2. The molecule has 0 spiro atoms. The Morgan fingerprint density at radius 3 is 2.19 bits per heavy atom. The minimum atomic E-state index is -3.38. The van der Waals surface area contributed by atoms with Crippen LogP contribution in [0.25, 0.3) is 0 Å². The first-order chi connectivity index (χ1) is 9.60. The molecule has 21 heavy (non-hydrogen) atoms. The highest BCUT2D eigenvalue weighted by Gasteiger charge is 2.19. The highest BCUT2D eigenvalue weighted by molar-refractivity contribution is 7.89. The molecule has 1 aromatic carbocycles. The van der Waals surface area contributed by atoms with E-state index < -0.39 is 10.0 Å². The van der Waals surface area contributed by atoms with Gasteiger partial charge in [0, 0.05) is 38.7 Å². The predicted molar refractivity (Wildman–Crippen MR) is 84.6 cm³/mol. The highest BCUT2D eigenvalue weighted by Crippen LogP contribution is 2.19. The molecule has 1 aromatic rings. The Bertz CT molecular complexity index is 551. The van der Waals surface area contributed by atoms with Gasteiger partial charge in [0.2, 0.25) is 10.0 Å². The summed E-state index contributed by atoms with van der Waals surface area (Å²) in [6.07, 6.45) is 0. The highest BCUT2D eigenvalue weighted by atomic mass is 32.2. The standard InChI is InChI=1S/C15H26N2O3S/c1-12(16-10-15(2,3)11-18)13-6-8-14(9-7-13)21(19,20)17(4)5/h6-9,12,16,18H,10-11H2,1-5H3. The van der Waals surface area contributed by atoms with Crippen molar-refractivity contribution in [2.45, 2.75) is 31.7 Å². The van der Waals surface area contributed by atoms with Crippen LogP contribution in [0.4, 0.5) is 0 Å². The zero-order valence-electron chi connectivity index (χ0n) is 13.4. The van der Waals surface area contributed by atoms with Gasteiger partial charge in [0.05, 0.1) is 4.90 Å². The molecule has 1 rings (SSSR count). The zero-order valence-corrected chi connectivity index (χ0v) is 14.2. The van der Waals surface area contributed by atoms with Crippen molar-refractivity contribution in [1.29, 1.82) is 0 Å². The summed E-state index contributed by atoms with van der Waals surface area (Å²) >= 11 is 0. The van der Waals surface area contributed by atoms with Gasteiger partial charge in [-0.2, -0.15) is 0 Å². The average molecular weight is 314 g/mol. The van der Waals surface area contributed by atoms with Crippen LogP contribution >= 0.6 is 0 Å². The van der Waals surface area contributed by atoms with Gasteiger partial charge in [0.15, 0.2) is 0 Å². The van der Waals surface area contributed by atoms with E-state index in [1.807, 2.05) is 32.9 Å². The van der Waals surface area contributed by atoms with Crippen LogP contribution in [-0.2, 0) is 10.0 Å². The van der Waals surface area contributed by atoms with E-state index in [-0.39, 0.29) is 18.1 Å². The molecule has 0 amide bonds. The quantitative estimate of drug-likeness (QED) is 0.802. The molecular weight excluding hydrogens is 288 g/mol. The van der Waals surface area contributed by atoms with Crippen LogP contribution in [0.2, 0.25) is 0 Å². The van der Waals surface area contributed by atoms with Crippen molar-refractivity contribution in [3.05, 3.63) is 29.8 Å². The Balaban J connectivity index is 2.79. The van der Waals surface area contributed by atoms with Crippen molar-refractivity contribution in [2.24, 2.45) is 5.41 Å². The molecule has 1 unspecified atom stereocenters. The molecule has 6 heteroatoms. The van der Waals surface area contributed by atoms with Crippen molar-refractivity contribution in [3.63, 3.8) is 0 Å². The summed E-state index contributed by atoms with van der Waals surface area (Å²) < 4.78 is 25.2. The largest absolute Gasteiger partial charge is 0.396 e. The summed E-state index contributed by atoms with van der Waals surface area (Å²) in [5.74, 6) is 0. The molecule has 5 nitrogen and oxygen atoms in total. The van der Waals surface area contributed by atoms with Crippen molar-refractivity contribution in [2.75, 3.05) is 27.2 Å². The lowest BCUT2D eigenvalue weighted by molar-refractivity contribution is 0.154. The summed E-state index contributed by atoms with van der Waals surface area (Å²) in [4.78, 5) is 0.291. The monoisotopic (exact) mass is 314 g/mol. The van der Waals surface area contributed by atoms with Gasteiger partial charge in [-0.15, -0.1) is 0 Å². The first kappa shape index (κ1) is 18.1. The van der Waals surface area contributed by atoms with E-state index in [0.717, 1.165) is 5.56 Å². The number of sulfonamides is 1. The Morgan fingerprint density at radius 2 is 1.76 bits per heavy atom. The predicted octanol–water partition coefficient (Wildman–Crippen LogP) is 1.61. The summed E-state index contributed by atoms with van der Waals surface area (Å²) in [6, 6.07) is 6.98. The molecule has 1 atom stereocenters. The van der Waals surface area contributed by atoms with Gasteiger partial charge in [-0.25, -0.2) is 12.7 Å². The van der Waals surface area contributed by atoms with Crippen LogP contribution in [0.15, 0.2) is 29.2 Å². The van der Waals surface area contributed by atoms with Crippen molar-refractivity contribution in [3.8, 4) is 0 Å². The molecular formula is C15H26N2O3S. The molecule has 0 bridgehead atoms. The second-order valence-electron chi connectivity index (χ2n) is 6.28. The van der Waals surface area contributed by atoms with Gasteiger partial charge in [-0.1, -0.05) is 26.0 Å². The maximum absolute atomic E-state index is 12.0. The fraction of sp³-hybridized carbons (Fsp3) is 0.600. The molecule has 0 saturated carbocycles. The van der Waals surface area contributed by atoms with E-state index >= 15 is 0 Å². The maximum atomic E-state index is 12.0. The lowest BCUT2D eigenvalue weighted by Gasteiger charge is -2.25. The van der Waals surface area contributed by atoms with Gasteiger partial charge < -0.3 is 10.4 Å². The van der Waals surface area contributed by atoms with Gasteiger partial charge in [-0.3, -0.25) is 0 Å². The minimum absolute atomic E-state index is 0.0898. The third-order valence-electron chi connectivity index (χ3n) is 3.47. The van der Waals surface area contributed by atoms with Crippen LogP contribution in [0.1, 0.15) is 32.4 Å². The maximum Gasteiger partial charge on any atom is 0.242 e. The number of nitrogens with zero attached hydrogens (tertiary/aromatic N) is 1. The lowest BCUT2D eigenvalue weighted by atomic mass is 9.94. The van der Waals surface area contributed by atoms with Gasteiger partial charge in [0.1, 0.15) is 0 Å². The number of hydrogen-bond acceptors (Lipinski definition) is 4. The van der Waals surface area contributed by atoms with E-state index in [2.05, 4.69) is 5.32 Å². The molecule has 0 aliphatic rings.